The van der Waals surface area contributed by atoms with Crippen molar-refractivity contribution in [2.24, 2.45) is 34.5 Å². The van der Waals surface area contributed by atoms with Crippen molar-refractivity contribution >= 4 is 46.4 Å². The van der Waals surface area contributed by atoms with Gasteiger partial charge in [-0.3, -0.25) is 30.3 Å². The Morgan fingerprint density at radius 1 is 0.538 bits per heavy atom. The number of phenols is 1. The van der Waals surface area contributed by atoms with Crippen LogP contribution in [0.5, 0.6) is 28.7 Å². The molecule has 11 rings (SSSR count). The average molecular weight is 1090 g/mol. The number of hydrogen-bond donors (Lipinski definition) is 2. The maximum atomic E-state index is 12.7. The van der Waals surface area contributed by atoms with E-state index in [1.54, 1.807) is 6.07 Å². The molecule has 2 N–H and O–H groups in total. The van der Waals surface area contributed by atoms with E-state index in [0.717, 1.165) is 69.3 Å². The summed E-state index contributed by atoms with van der Waals surface area (Å²) in [5.41, 5.74) is 3.94. The van der Waals surface area contributed by atoms with Crippen LogP contribution in [0.25, 0.3) is 0 Å². The molecule has 4 fully saturated rings. The standard InChI is InChI=1S/C32H30N2O10.C18H24O2.C7H4ClNO4.CH4/c1-32-17-16-26-25-13-11-24(43-30(35)41-22-7-3-20(4-8-22)33(37)38)18-19(25)2-12-27(26)28(32)14-15-29(32)44-31(36)42-23-9-5-21(6-10-23)34(39)40;1-18-9-8-14-13-5-3-12(19)10-11(13)2-4-15(14)16(18)6-7-17(18)20;8-7(10)13-6-3-1-5(2-4-6)9(11)12;/h3-11,13,18,26-29H,2,12,14-17H2,1H3;3,5,10,14-17,19-20H,2,4,6-9H2,1H3;1-4H;1H4/t26?,27?,28?,29-,32-;14?,15?,16?,17-,18-;;/m00../s1. The lowest BCUT2D eigenvalue weighted by Crippen LogP contribution is -2.45. The quantitative estimate of drug-likeness (QED) is 0.0481. The number of ether oxygens (including phenoxy) is 5. The van der Waals surface area contributed by atoms with Crippen molar-refractivity contribution in [2.45, 2.75) is 122 Å². The van der Waals surface area contributed by atoms with Gasteiger partial charge in [-0.2, -0.15) is 0 Å². The minimum atomic E-state index is -0.978. The van der Waals surface area contributed by atoms with Crippen molar-refractivity contribution in [3.8, 4) is 28.7 Å². The van der Waals surface area contributed by atoms with Gasteiger partial charge in [0.2, 0.25) is 0 Å². The molecule has 6 aliphatic rings. The van der Waals surface area contributed by atoms with Crippen molar-refractivity contribution in [1.29, 1.82) is 0 Å². The molecule has 0 aliphatic heterocycles. The minimum absolute atomic E-state index is 0. The fourth-order valence-corrected chi connectivity index (χ4v) is 13.8. The van der Waals surface area contributed by atoms with E-state index in [1.165, 1.54) is 109 Å². The second-order valence-electron chi connectivity index (χ2n) is 21.3. The summed E-state index contributed by atoms with van der Waals surface area (Å²) in [5, 5.41) is 51.9. The number of nitro benzene ring substituents is 3. The highest BCUT2D eigenvalue weighted by atomic mass is 35.5. The molecule has 412 valence electrons. The Labute approximate surface area is 455 Å². The molecule has 6 unspecified atom stereocenters. The van der Waals surface area contributed by atoms with Crippen LogP contribution < -0.4 is 18.9 Å². The first-order chi connectivity index (χ1) is 36.8. The summed E-state index contributed by atoms with van der Waals surface area (Å²) in [6.07, 6.45) is 10.1. The zero-order chi connectivity index (χ0) is 54.8. The third kappa shape index (κ3) is 12.1. The van der Waals surface area contributed by atoms with E-state index >= 15 is 0 Å². The number of aliphatic hydroxyl groups excluding tert-OH is 1. The van der Waals surface area contributed by atoms with Crippen molar-refractivity contribution in [3.63, 3.8) is 0 Å². The minimum Gasteiger partial charge on any atom is -0.508 e. The number of carbonyl (C=O) groups is 3. The first-order valence-electron chi connectivity index (χ1n) is 25.8. The predicted molar refractivity (Wildman–Crippen MR) is 285 cm³/mol. The second kappa shape index (κ2) is 23.5. The van der Waals surface area contributed by atoms with Crippen LogP contribution in [0.2, 0.25) is 0 Å². The fraction of sp³-hybridized carbons (Fsp3) is 0.431. The number of hydrogen-bond acceptors (Lipinski definition) is 16. The van der Waals surface area contributed by atoms with Gasteiger partial charge >= 0.3 is 17.7 Å². The third-order valence-electron chi connectivity index (χ3n) is 17.5. The molecule has 0 radical (unpaired) electrons. The highest BCUT2D eigenvalue weighted by Crippen LogP contribution is 2.63. The third-order valence-corrected chi connectivity index (χ3v) is 17.5. The summed E-state index contributed by atoms with van der Waals surface area (Å²) < 4.78 is 26.2. The monoisotopic (exact) mass is 1090 g/mol. The molecule has 0 saturated heterocycles. The van der Waals surface area contributed by atoms with Gasteiger partial charge in [-0.1, -0.05) is 33.4 Å². The molecular weight excluding hydrogens is 1030 g/mol. The molecule has 19 nitrogen and oxygen atoms in total. The molecule has 10 atom stereocenters. The highest BCUT2D eigenvalue weighted by Gasteiger charge is 2.57. The molecule has 0 heterocycles. The van der Waals surface area contributed by atoms with Crippen molar-refractivity contribution in [2.75, 3.05) is 0 Å². The first kappa shape index (κ1) is 56.6. The molecule has 6 aliphatic carbocycles. The summed E-state index contributed by atoms with van der Waals surface area (Å²) in [7, 11) is 0. The van der Waals surface area contributed by atoms with Crippen LogP contribution >= 0.6 is 11.6 Å². The Balaban J connectivity index is 0.000000192. The van der Waals surface area contributed by atoms with Gasteiger partial charge in [0.25, 0.3) is 17.1 Å². The van der Waals surface area contributed by atoms with Gasteiger partial charge < -0.3 is 33.9 Å². The number of aliphatic hydroxyl groups is 1. The molecule has 78 heavy (non-hydrogen) atoms. The topological polar surface area (TPSA) is 267 Å². The summed E-state index contributed by atoms with van der Waals surface area (Å²) in [4.78, 5) is 65.5. The lowest BCUT2D eigenvalue weighted by Gasteiger charge is -2.50. The van der Waals surface area contributed by atoms with Crippen LogP contribution in [-0.2, 0) is 17.6 Å². The molecule has 0 bridgehead atoms. The van der Waals surface area contributed by atoms with Crippen LogP contribution in [-0.4, -0.2) is 54.9 Å². The van der Waals surface area contributed by atoms with Crippen molar-refractivity contribution in [1.82, 2.24) is 0 Å². The molecule has 0 spiro atoms. The lowest BCUT2D eigenvalue weighted by molar-refractivity contribution is -0.385. The Morgan fingerprint density at radius 2 is 0.962 bits per heavy atom. The van der Waals surface area contributed by atoms with Crippen LogP contribution in [0.1, 0.15) is 120 Å². The molecule has 0 amide bonds. The maximum absolute atomic E-state index is 12.7. The molecule has 5 aromatic rings. The van der Waals surface area contributed by atoms with Crippen molar-refractivity contribution < 1.29 is 63.1 Å². The van der Waals surface area contributed by atoms with Gasteiger partial charge in [0, 0.05) is 53.4 Å². The smallest absolute Gasteiger partial charge is 0.508 e. The number of rotatable bonds is 8. The van der Waals surface area contributed by atoms with Gasteiger partial charge in [-0.25, -0.2) is 14.4 Å². The fourth-order valence-electron chi connectivity index (χ4n) is 13.8. The second-order valence-corrected chi connectivity index (χ2v) is 21.6. The van der Waals surface area contributed by atoms with Crippen LogP contribution in [0.3, 0.4) is 0 Å². The Bertz CT molecular complexity index is 3050. The summed E-state index contributed by atoms with van der Waals surface area (Å²) in [6.45, 7) is 4.52. The Morgan fingerprint density at radius 3 is 1.47 bits per heavy atom. The van der Waals surface area contributed by atoms with Gasteiger partial charge in [0.1, 0.15) is 34.9 Å². The van der Waals surface area contributed by atoms with E-state index in [4.69, 9.17) is 30.5 Å². The number of nitrogens with zero attached hydrogens (tertiary/aromatic N) is 3. The van der Waals surface area contributed by atoms with E-state index in [0.29, 0.717) is 41.1 Å². The number of carbonyl (C=O) groups excluding carboxylic acids is 3. The number of halogens is 1. The number of benzene rings is 5. The zero-order valence-electron chi connectivity index (χ0n) is 42.3. The van der Waals surface area contributed by atoms with Crippen LogP contribution in [0.15, 0.2) is 109 Å². The molecular formula is C58H62ClN3O16. The Kier molecular flexibility index (Phi) is 17.1. The predicted octanol–water partition coefficient (Wildman–Crippen LogP) is 14.1. The largest absolute Gasteiger partial charge is 0.519 e. The molecule has 0 aromatic heterocycles. The number of non-ortho nitro benzene ring substituents is 3. The number of phenolic OH excluding ortho intramolecular Hbond substituents is 1. The highest BCUT2D eigenvalue weighted by molar-refractivity contribution is 6.61. The van der Waals surface area contributed by atoms with Gasteiger partial charge in [0.05, 0.1) is 20.9 Å². The van der Waals surface area contributed by atoms with E-state index in [-0.39, 0.29) is 64.8 Å². The summed E-state index contributed by atoms with van der Waals surface area (Å²) >= 11 is 4.92. The SMILES string of the molecule is C.C[C@]12CCC3c4ccc(O)cc4CCC3C1CC[C@@H]2O.C[C@]12CCC3c4ccc(OC(=O)Oc5ccc([N+](=O)[O-])cc5)cc4CCC3C1CC[C@@H]2OC(=O)Oc1ccc([N+](=O)[O-])cc1.O=C(Cl)Oc1ccc([N+](=O)[O-])cc1. The van der Waals surface area contributed by atoms with Crippen LogP contribution in [0, 0.1) is 64.8 Å². The summed E-state index contributed by atoms with van der Waals surface area (Å²) in [5.74, 6) is 4.52. The Hall–Kier alpha value is -7.64. The van der Waals surface area contributed by atoms with Gasteiger partial charge in [0.15, 0.2) is 0 Å². The summed E-state index contributed by atoms with van der Waals surface area (Å²) in [6, 6.07) is 27.1. The molecule has 20 heteroatoms. The van der Waals surface area contributed by atoms with Crippen molar-refractivity contribution in [3.05, 3.63) is 162 Å². The van der Waals surface area contributed by atoms with Crippen LogP contribution in [0.4, 0.5) is 31.4 Å². The lowest BCUT2D eigenvalue weighted by atomic mass is 9.55. The van der Waals surface area contributed by atoms with E-state index in [2.05, 4.69) is 24.7 Å². The molecule has 4 saturated carbocycles. The maximum Gasteiger partial charge on any atom is 0.519 e. The average Bonchev–Trinajstić information content (AvgIpc) is 3.97. The number of aromatic hydroxyl groups is 1. The van der Waals surface area contributed by atoms with E-state index in [9.17, 15) is 54.9 Å². The number of aryl methyl sites for hydroxylation is 2. The van der Waals surface area contributed by atoms with E-state index in [1.807, 2.05) is 24.3 Å². The normalized spacial score (nSPS) is 26.6. The zero-order valence-corrected chi connectivity index (χ0v) is 43.1. The van der Waals surface area contributed by atoms with Gasteiger partial charge in [-0.15, -0.1) is 0 Å². The first-order valence-corrected chi connectivity index (χ1v) is 26.2. The van der Waals surface area contributed by atoms with E-state index < -0.39 is 32.5 Å². The number of nitro groups is 3. The van der Waals surface area contributed by atoms with Gasteiger partial charge in [-0.05, 0) is 201 Å². The number of fused-ring (bicyclic) bond motifs is 10. The molecule has 5 aromatic carbocycles.